The third kappa shape index (κ3) is 4.58. The molecule has 0 atom stereocenters. The molecule has 0 saturated heterocycles. The monoisotopic (exact) mass is 375 g/mol. The second kappa shape index (κ2) is 7.69. The fourth-order valence-electron chi connectivity index (χ4n) is 2.54. The average Bonchev–Trinajstić information content (AvgIpc) is 2.64. The molecule has 0 saturated carbocycles. The number of benzene rings is 3. The number of hydrogen-bond acceptors (Lipinski definition) is 2. The summed E-state index contributed by atoms with van der Waals surface area (Å²) in [6, 6.07) is 20.2. The summed E-state index contributed by atoms with van der Waals surface area (Å²) in [7, 11) is -3.68. The van der Waals surface area contributed by atoms with E-state index in [0.29, 0.717) is 11.3 Å². The number of hydrogen-bond donors (Lipinski definition) is 1. The van der Waals surface area contributed by atoms with E-state index >= 15 is 0 Å². The van der Waals surface area contributed by atoms with Gasteiger partial charge in [0, 0.05) is 11.1 Å². The molecule has 3 rings (SSSR count). The molecule has 0 unspecified atom stereocenters. The highest BCUT2D eigenvalue weighted by atomic mass is 32.2. The number of sulfonamides is 1. The lowest BCUT2D eigenvalue weighted by Gasteiger charge is -2.11. The third-order valence-electron chi connectivity index (χ3n) is 4.35. The first-order valence-electron chi connectivity index (χ1n) is 8.63. The molecule has 0 amide bonds. The van der Waals surface area contributed by atoms with Crippen LogP contribution in [0, 0.1) is 32.6 Å². The molecule has 1 N–H and O–H groups in total. The van der Waals surface area contributed by atoms with Gasteiger partial charge in [-0.3, -0.25) is 4.72 Å². The predicted octanol–water partition coefficient (Wildman–Crippen LogP) is 4.81. The Labute approximate surface area is 161 Å². The Morgan fingerprint density at radius 1 is 0.778 bits per heavy atom. The number of aryl methyl sites for hydroxylation is 3. The fourth-order valence-corrected chi connectivity index (χ4v) is 3.71. The van der Waals surface area contributed by atoms with E-state index in [1.54, 1.807) is 30.3 Å². The minimum atomic E-state index is -3.68. The highest BCUT2D eigenvalue weighted by Gasteiger charge is 2.16. The molecule has 3 nitrogen and oxygen atoms in total. The van der Waals surface area contributed by atoms with Crippen molar-refractivity contribution in [1.29, 1.82) is 0 Å². The van der Waals surface area contributed by atoms with Gasteiger partial charge in [0.05, 0.1) is 10.6 Å². The summed E-state index contributed by atoms with van der Waals surface area (Å²) in [5.74, 6) is 6.15. The van der Waals surface area contributed by atoms with Crippen LogP contribution in [-0.2, 0) is 10.0 Å². The van der Waals surface area contributed by atoms with Gasteiger partial charge in [-0.05, 0) is 68.3 Å². The van der Waals surface area contributed by atoms with Gasteiger partial charge in [-0.2, -0.15) is 0 Å². The van der Waals surface area contributed by atoms with Crippen LogP contribution in [0.5, 0.6) is 0 Å². The Kier molecular flexibility index (Phi) is 5.34. The van der Waals surface area contributed by atoms with Crippen LogP contribution in [0.3, 0.4) is 0 Å². The van der Waals surface area contributed by atoms with E-state index in [1.165, 1.54) is 5.56 Å². The van der Waals surface area contributed by atoms with Gasteiger partial charge >= 0.3 is 0 Å². The zero-order valence-corrected chi connectivity index (χ0v) is 16.4. The Hall–Kier alpha value is -3.03. The summed E-state index contributed by atoms with van der Waals surface area (Å²) in [5, 5.41) is 0. The summed E-state index contributed by atoms with van der Waals surface area (Å²) in [5.41, 5.74) is 5.14. The Balaban J connectivity index is 1.92. The molecule has 0 heterocycles. The largest absolute Gasteiger partial charge is 0.278 e. The molecular weight excluding hydrogens is 354 g/mol. The molecular formula is C23H21NO2S. The topological polar surface area (TPSA) is 46.2 Å². The number of anilines is 1. The lowest BCUT2D eigenvalue weighted by Crippen LogP contribution is -2.14. The van der Waals surface area contributed by atoms with Crippen LogP contribution < -0.4 is 4.72 Å². The molecule has 0 fully saturated rings. The average molecular weight is 375 g/mol. The molecule has 3 aromatic carbocycles. The number of nitrogens with one attached hydrogen (secondary N) is 1. The van der Waals surface area contributed by atoms with Crippen LogP contribution in [0.4, 0.5) is 5.69 Å². The summed E-state index contributed by atoms with van der Waals surface area (Å²) < 4.78 is 28.2. The van der Waals surface area contributed by atoms with Crippen molar-refractivity contribution in [2.45, 2.75) is 25.7 Å². The lowest BCUT2D eigenvalue weighted by molar-refractivity contribution is 0.601. The van der Waals surface area contributed by atoms with Gasteiger partial charge < -0.3 is 0 Å². The minimum absolute atomic E-state index is 0.242. The molecule has 3 aromatic rings. The summed E-state index contributed by atoms with van der Waals surface area (Å²) in [6.07, 6.45) is 0. The third-order valence-corrected chi connectivity index (χ3v) is 5.72. The summed E-state index contributed by atoms with van der Waals surface area (Å²) in [4.78, 5) is 0.242. The normalized spacial score (nSPS) is 10.8. The van der Waals surface area contributed by atoms with Crippen molar-refractivity contribution in [2.75, 3.05) is 4.72 Å². The van der Waals surface area contributed by atoms with Gasteiger partial charge in [0.25, 0.3) is 10.0 Å². The minimum Gasteiger partial charge on any atom is -0.278 e. The fraction of sp³-hybridized carbons (Fsp3) is 0.130. The van der Waals surface area contributed by atoms with Crippen molar-refractivity contribution < 1.29 is 8.42 Å². The Morgan fingerprint density at radius 2 is 1.48 bits per heavy atom. The van der Waals surface area contributed by atoms with E-state index in [4.69, 9.17) is 0 Å². The van der Waals surface area contributed by atoms with Crippen LogP contribution in [0.2, 0.25) is 0 Å². The molecule has 0 aliphatic heterocycles. The van der Waals surface area contributed by atoms with Crippen LogP contribution in [0.1, 0.15) is 27.8 Å². The zero-order valence-electron chi connectivity index (χ0n) is 15.6. The van der Waals surface area contributed by atoms with Gasteiger partial charge in [-0.1, -0.05) is 47.7 Å². The van der Waals surface area contributed by atoms with Crippen molar-refractivity contribution in [1.82, 2.24) is 0 Å². The SMILES string of the molecule is Cc1ccc(C#Cc2ccccc2NS(=O)(=O)c2ccc(C)c(C)c2)cc1. The first-order valence-corrected chi connectivity index (χ1v) is 10.1. The van der Waals surface area contributed by atoms with E-state index in [1.807, 2.05) is 57.2 Å². The van der Waals surface area contributed by atoms with Crippen LogP contribution in [0.25, 0.3) is 0 Å². The van der Waals surface area contributed by atoms with Crippen LogP contribution in [-0.4, -0.2) is 8.42 Å². The summed E-state index contributed by atoms with van der Waals surface area (Å²) in [6.45, 7) is 5.87. The summed E-state index contributed by atoms with van der Waals surface area (Å²) >= 11 is 0. The Bertz CT molecular complexity index is 1130. The molecule has 0 radical (unpaired) electrons. The lowest BCUT2D eigenvalue weighted by atomic mass is 10.1. The van der Waals surface area contributed by atoms with Crippen molar-refractivity contribution in [3.8, 4) is 11.8 Å². The van der Waals surface area contributed by atoms with Gasteiger partial charge in [-0.15, -0.1) is 0 Å². The molecule has 0 aliphatic carbocycles. The molecule has 136 valence electrons. The first-order chi connectivity index (χ1) is 12.8. The maximum atomic E-state index is 12.8. The second-order valence-electron chi connectivity index (χ2n) is 6.51. The maximum absolute atomic E-state index is 12.8. The van der Waals surface area contributed by atoms with Crippen LogP contribution in [0.15, 0.2) is 71.6 Å². The van der Waals surface area contributed by atoms with E-state index in [2.05, 4.69) is 16.6 Å². The molecule has 0 aromatic heterocycles. The highest BCUT2D eigenvalue weighted by Crippen LogP contribution is 2.21. The van der Waals surface area contributed by atoms with E-state index in [9.17, 15) is 8.42 Å². The van der Waals surface area contributed by atoms with Crippen molar-refractivity contribution >= 4 is 15.7 Å². The van der Waals surface area contributed by atoms with Crippen LogP contribution >= 0.6 is 0 Å². The second-order valence-corrected chi connectivity index (χ2v) is 8.20. The maximum Gasteiger partial charge on any atom is 0.261 e. The van der Waals surface area contributed by atoms with Crippen molar-refractivity contribution in [3.05, 3.63) is 94.5 Å². The van der Waals surface area contributed by atoms with Gasteiger partial charge in [0.15, 0.2) is 0 Å². The Morgan fingerprint density at radius 3 is 2.19 bits per heavy atom. The van der Waals surface area contributed by atoms with Crippen molar-refractivity contribution in [2.24, 2.45) is 0 Å². The molecule has 0 aliphatic rings. The molecule has 0 spiro atoms. The number of rotatable bonds is 3. The van der Waals surface area contributed by atoms with Gasteiger partial charge in [0.2, 0.25) is 0 Å². The standard InChI is InChI=1S/C23H21NO2S/c1-17-8-11-20(12-9-17)13-14-21-6-4-5-7-23(21)24-27(25,26)22-15-10-18(2)19(3)16-22/h4-12,15-16,24H,1-3H3. The number of para-hydroxylation sites is 1. The smallest absolute Gasteiger partial charge is 0.261 e. The van der Waals surface area contributed by atoms with Gasteiger partial charge in [0.1, 0.15) is 0 Å². The van der Waals surface area contributed by atoms with E-state index in [0.717, 1.165) is 16.7 Å². The highest BCUT2D eigenvalue weighted by molar-refractivity contribution is 7.92. The zero-order chi connectivity index (χ0) is 19.4. The molecule has 4 heteroatoms. The predicted molar refractivity (Wildman–Crippen MR) is 110 cm³/mol. The quantitative estimate of drug-likeness (QED) is 0.668. The van der Waals surface area contributed by atoms with E-state index in [-0.39, 0.29) is 4.90 Å². The molecule has 27 heavy (non-hydrogen) atoms. The van der Waals surface area contributed by atoms with E-state index < -0.39 is 10.0 Å². The first kappa shape index (κ1) is 18.8. The van der Waals surface area contributed by atoms with Crippen molar-refractivity contribution in [3.63, 3.8) is 0 Å². The van der Waals surface area contributed by atoms with Gasteiger partial charge in [-0.25, -0.2) is 8.42 Å². The molecule has 0 bridgehead atoms.